The molecule has 0 radical (unpaired) electrons. The highest BCUT2D eigenvalue weighted by atomic mass is 16.5. The van der Waals surface area contributed by atoms with Gasteiger partial charge in [0.15, 0.2) is 0 Å². The SMILES string of the molecule is O=C(O)NC(C1CC[C@H](C(=O)N2CC[C@H](c3ccccc3)C2)[C@@H](C(=O)NO)C1)[C@H]1CCOC1. The first-order valence-corrected chi connectivity index (χ1v) is 11.8. The molecule has 0 bridgehead atoms. The third kappa shape index (κ3) is 5.30. The summed E-state index contributed by atoms with van der Waals surface area (Å²) < 4.78 is 5.47. The summed E-state index contributed by atoms with van der Waals surface area (Å²) in [6.07, 6.45) is 2.02. The van der Waals surface area contributed by atoms with Gasteiger partial charge in [0.1, 0.15) is 0 Å². The number of rotatable bonds is 6. The molecular formula is C24H33N3O6. The zero-order chi connectivity index (χ0) is 23.4. The minimum Gasteiger partial charge on any atom is -0.465 e. The number of nitrogens with one attached hydrogen (secondary N) is 2. The maximum Gasteiger partial charge on any atom is 0.404 e. The van der Waals surface area contributed by atoms with E-state index in [9.17, 15) is 24.7 Å². The second kappa shape index (κ2) is 10.5. The molecule has 6 atom stereocenters. The van der Waals surface area contributed by atoms with E-state index in [1.807, 2.05) is 23.1 Å². The third-order valence-electron chi connectivity index (χ3n) is 7.70. The molecule has 4 N–H and O–H groups in total. The Hall–Kier alpha value is -2.65. The summed E-state index contributed by atoms with van der Waals surface area (Å²) in [4.78, 5) is 39.3. The second-order valence-corrected chi connectivity index (χ2v) is 9.54. The van der Waals surface area contributed by atoms with Crippen LogP contribution < -0.4 is 10.8 Å². The van der Waals surface area contributed by atoms with Gasteiger partial charge in [0, 0.05) is 43.5 Å². The van der Waals surface area contributed by atoms with E-state index in [4.69, 9.17) is 4.74 Å². The molecule has 2 saturated heterocycles. The van der Waals surface area contributed by atoms with Crippen molar-refractivity contribution in [2.24, 2.45) is 23.7 Å². The maximum absolute atomic E-state index is 13.5. The molecule has 1 saturated carbocycles. The van der Waals surface area contributed by atoms with Crippen LogP contribution in [0.4, 0.5) is 4.79 Å². The highest BCUT2D eigenvalue weighted by Gasteiger charge is 2.45. The molecule has 2 heterocycles. The summed E-state index contributed by atoms with van der Waals surface area (Å²) in [6.45, 7) is 2.34. The monoisotopic (exact) mass is 459 g/mol. The van der Waals surface area contributed by atoms with Gasteiger partial charge >= 0.3 is 6.09 Å². The van der Waals surface area contributed by atoms with E-state index in [1.165, 1.54) is 5.56 Å². The molecule has 9 nitrogen and oxygen atoms in total. The zero-order valence-corrected chi connectivity index (χ0v) is 18.7. The Balaban J connectivity index is 1.46. The summed E-state index contributed by atoms with van der Waals surface area (Å²) in [6, 6.07) is 9.79. The van der Waals surface area contributed by atoms with Gasteiger partial charge < -0.3 is 20.1 Å². The fourth-order valence-electron chi connectivity index (χ4n) is 5.99. The molecule has 3 aliphatic rings. The van der Waals surface area contributed by atoms with Crippen molar-refractivity contribution < 1.29 is 29.4 Å². The number of hydrogen-bond donors (Lipinski definition) is 4. The van der Waals surface area contributed by atoms with Gasteiger partial charge in [-0.3, -0.25) is 14.8 Å². The number of nitrogens with zero attached hydrogens (tertiary/aromatic N) is 1. The van der Waals surface area contributed by atoms with E-state index in [0.717, 1.165) is 12.8 Å². The van der Waals surface area contributed by atoms with Gasteiger partial charge in [-0.15, -0.1) is 0 Å². The van der Waals surface area contributed by atoms with E-state index in [2.05, 4.69) is 17.4 Å². The average molecular weight is 460 g/mol. The van der Waals surface area contributed by atoms with Gasteiger partial charge in [-0.25, -0.2) is 10.3 Å². The molecular weight excluding hydrogens is 426 g/mol. The van der Waals surface area contributed by atoms with E-state index < -0.39 is 23.8 Å². The third-order valence-corrected chi connectivity index (χ3v) is 7.70. The van der Waals surface area contributed by atoms with E-state index in [0.29, 0.717) is 45.6 Å². The summed E-state index contributed by atoms with van der Waals surface area (Å²) in [5.74, 6) is -1.62. The van der Waals surface area contributed by atoms with E-state index >= 15 is 0 Å². The Bertz CT molecular complexity index is 844. The molecule has 0 aromatic heterocycles. The first-order valence-electron chi connectivity index (χ1n) is 11.8. The predicted molar refractivity (Wildman–Crippen MR) is 119 cm³/mol. The van der Waals surface area contributed by atoms with Crippen LogP contribution in [0.5, 0.6) is 0 Å². The largest absolute Gasteiger partial charge is 0.465 e. The maximum atomic E-state index is 13.5. The Labute approximate surface area is 193 Å². The molecule has 33 heavy (non-hydrogen) atoms. The molecule has 0 spiro atoms. The number of ether oxygens (including phenoxy) is 1. The highest BCUT2D eigenvalue weighted by molar-refractivity contribution is 5.87. The van der Waals surface area contributed by atoms with Crippen LogP contribution in [0.3, 0.4) is 0 Å². The molecule has 180 valence electrons. The van der Waals surface area contributed by atoms with Gasteiger partial charge in [-0.2, -0.15) is 0 Å². The van der Waals surface area contributed by atoms with Gasteiger partial charge in [0.05, 0.1) is 12.5 Å². The van der Waals surface area contributed by atoms with Crippen molar-refractivity contribution in [3.63, 3.8) is 0 Å². The molecule has 3 fully saturated rings. The van der Waals surface area contributed by atoms with Crippen LogP contribution in [0, 0.1) is 23.7 Å². The minimum atomic E-state index is -1.10. The number of carbonyl (C=O) groups is 3. The van der Waals surface area contributed by atoms with Crippen LogP contribution in [-0.4, -0.2) is 65.5 Å². The van der Waals surface area contributed by atoms with Crippen LogP contribution in [0.15, 0.2) is 30.3 Å². The van der Waals surface area contributed by atoms with Crippen molar-refractivity contribution in [2.45, 2.75) is 44.1 Å². The lowest BCUT2D eigenvalue weighted by atomic mass is 9.68. The van der Waals surface area contributed by atoms with Crippen LogP contribution >= 0.6 is 0 Å². The summed E-state index contributed by atoms with van der Waals surface area (Å²) >= 11 is 0. The van der Waals surface area contributed by atoms with Crippen molar-refractivity contribution in [1.82, 2.24) is 15.7 Å². The molecule has 1 aromatic carbocycles. The number of hydrogen-bond acceptors (Lipinski definition) is 5. The van der Waals surface area contributed by atoms with Crippen molar-refractivity contribution in [3.8, 4) is 0 Å². The second-order valence-electron chi connectivity index (χ2n) is 9.54. The van der Waals surface area contributed by atoms with Crippen molar-refractivity contribution in [3.05, 3.63) is 35.9 Å². The number of hydroxylamine groups is 1. The first-order chi connectivity index (χ1) is 16.0. The van der Waals surface area contributed by atoms with Gasteiger partial charge in [0.2, 0.25) is 11.8 Å². The Morgan fingerprint density at radius 2 is 1.82 bits per heavy atom. The van der Waals surface area contributed by atoms with E-state index in [1.54, 1.807) is 5.48 Å². The number of likely N-dealkylation sites (tertiary alicyclic amines) is 1. The molecule has 9 heteroatoms. The Kier molecular flexibility index (Phi) is 7.49. The smallest absolute Gasteiger partial charge is 0.404 e. The Morgan fingerprint density at radius 3 is 2.48 bits per heavy atom. The zero-order valence-electron chi connectivity index (χ0n) is 18.7. The van der Waals surface area contributed by atoms with Crippen LogP contribution in [0.1, 0.15) is 43.6 Å². The average Bonchev–Trinajstić information content (AvgIpc) is 3.54. The topological polar surface area (TPSA) is 128 Å². The fraction of sp³-hybridized carbons (Fsp3) is 0.625. The van der Waals surface area contributed by atoms with E-state index in [-0.39, 0.29) is 29.7 Å². The van der Waals surface area contributed by atoms with Gasteiger partial charge in [-0.05, 0) is 43.6 Å². The van der Waals surface area contributed by atoms with Crippen molar-refractivity contribution in [1.29, 1.82) is 0 Å². The van der Waals surface area contributed by atoms with Crippen molar-refractivity contribution >= 4 is 17.9 Å². The van der Waals surface area contributed by atoms with Gasteiger partial charge in [-0.1, -0.05) is 30.3 Å². The molecule has 3 amide bonds. The number of benzene rings is 1. The first kappa shape index (κ1) is 23.5. The molecule has 1 aromatic rings. The quantitative estimate of drug-likeness (QED) is 0.381. The van der Waals surface area contributed by atoms with Crippen LogP contribution in [0.25, 0.3) is 0 Å². The number of carbonyl (C=O) groups excluding carboxylic acids is 2. The van der Waals surface area contributed by atoms with Crippen LogP contribution in [-0.2, 0) is 14.3 Å². The fourth-order valence-corrected chi connectivity index (χ4v) is 5.99. The summed E-state index contributed by atoms with van der Waals surface area (Å²) in [5, 5.41) is 21.4. The summed E-state index contributed by atoms with van der Waals surface area (Å²) in [7, 11) is 0. The highest BCUT2D eigenvalue weighted by Crippen LogP contribution is 2.40. The Morgan fingerprint density at radius 1 is 1.03 bits per heavy atom. The van der Waals surface area contributed by atoms with Crippen LogP contribution in [0.2, 0.25) is 0 Å². The standard InChI is InChI=1S/C24H33N3O6/c28-22(26-32)20-12-16(21(25-24(30)31)18-9-11-33-14-18)6-7-19(20)23(29)27-10-8-17(13-27)15-4-2-1-3-5-15/h1-5,16-21,25,32H,6-14H2,(H,26,28)(H,30,31)/t16?,17-,18-,19-,20-,21?/m0/s1. The lowest BCUT2D eigenvalue weighted by molar-refractivity contribution is -0.147. The summed E-state index contributed by atoms with van der Waals surface area (Å²) in [5.41, 5.74) is 2.95. The lowest BCUT2D eigenvalue weighted by Crippen LogP contribution is -2.51. The predicted octanol–water partition coefficient (Wildman–Crippen LogP) is 2.21. The van der Waals surface area contributed by atoms with Crippen molar-refractivity contribution in [2.75, 3.05) is 26.3 Å². The minimum absolute atomic E-state index is 0.0430. The van der Waals surface area contributed by atoms with Gasteiger partial charge in [0.25, 0.3) is 0 Å². The normalized spacial score (nSPS) is 30.6. The molecule has 2 aliphatic heterocycles. The molecule has 1 aliphatic carbocycles. The molecule has 2 unspecified atom stereocenters. The number of carboxylic acid groups (broad SMARTS) is 1. The lowest BCUT2D eigenvalue weighted by Gasteiger charge is -2.40. The molecule has 4 rings (SSSR count). The number of amides is 3.